The Morgan fingerprint density at radius 1 is 1.61 bits per heavy atom. The zero-order valence-corrected chi connectivity index (χ0v) is 11.8. The van der Waals surface area contributed by atoms with Crippen LogP contribution >= 0.6 is 0 Å². The topological polar surface area (TPSA) is 39.1 Å². The van der Waals surface area contributed by atoms with Crippen molar-refractivity contribution in [2.24, 2.45) is 0 Å². The molecular weight excluding hydrogens is 226 g/mol. The molecule has 1 aromatic heterocycles. The maximum Gasteiger partial charge on any atom is 0.0762 e. The molecule has 0 bridgehead atoms. The second-order valence-electron chi connectivity index (χ2n) is 4.73. The lowest BCUT2D eigenvalue weighted by molar-refractivity contribution is 0.157. The summed E-state index contributed by atoms with van der Waals surface area (Å²) >= 11 is 0. The Morgan fingerprint density at radius 3 is 3.06 bits per heavy atom. The summed E-state index contributed by atoms with van der Waals surface area (Å²) in [5.41, 5.74) is 2.14. The SMILES string of the molecule is C=C(C)COCCNCc1ccn(C(C)CC)n1. The van der Waals surface area contributed by atoms with Gasteiger partial charge in [-0.05, 0) is 26.3 Å². The highest BCUT2D eigenvalue weighted by molar-refractivity contribution is 4.99. The molecule has 0 spiro atoms. The predicted molar refractivity (Wildman–Crippen MR) is 74.6 cm³/mol. The van der Waals surface area contributed by atoms with Gasteiger partial charge in [0.05, 0.1) is 18.9 Å². The van der Waals surface area contributed by atoms with Gasteiger partial charge in [-0.2, -0.15) is 5.10 Å². The summed E-state index contributed by atoms with van der Waals surface area (Å²) in [5.74, 6) is 0. The van der Waals surface area contributed by atoms with Crippen molar-refractivity contribution in [1.82, 2.24) is 15.1 Å². The second-order valence-corrected chi connectivity index (χ2v) is 4.73. The van der Waals surface area contributed by atoms with Crippen molar-refractivity contribution >= 4 is 0 Å². The Bertz CT molecular complexity index is 360. The Labute approximate surface area is 110 Å². The fraction of sp³-hybridized carbons (Fsp3) is 0.643. The summed E-state index contributed by atoms with van der Waals surface area (Å²) in [6.45, 7) is 13.1. The number of rotatable bonds is 9. The van der Waals surface area contributed by atoms with E-state index in [1.165, 1.54) is 0 Å². The molecule has 0 aliphatic carbocycles. The maximum absolute atomic E-state index is 5.41. The van der Waals surface area contributed by atoms with Gasteiger partial charge < -0.3 is 10.1 Å². The lowest BCUT2D eigenvalue weighted by atomic mass is 10.3. The first kappa shape index (κ1) is 14.9. The maximum atomic E-state index is 5.41. The molecule has 1 aromatic rings. The average Bonchev–Trinajstić information content (AvgIpc) is 2.81. The van der Waals surface area contributed by atoms with Crippen LogP contribution in [0.2, 0.25) is 0 Å². The van der Waals surface area contributed by atoms with E-state index in [-0.39, 0.29) is 0 Å². The molecule has 4 heteroatoms. The van der Waals surface area contributed by atoms with E-state index < -0.39 is 0 Å². The highest BCUT2D eigenvalue weighted by atomic mass is 16.5. The number of hydrogen-bond acceptors (Lipinski definition) is 3. The number of ether oxygens (including phenoxy) is 1. The predicted octanol–water partition coefficient (Wildman–Crippen LogP) is 2.54. The van der Waals surface area contributed by atoms with Crippen molar-refractivity contribution < 1.29 is 4.74 Å². The fourth-order valence-electron chi connectivity index (χ4n) is 1.51. The summed E-state index contributed by atoms with van der Waals surface area (Å²) in [6, 6.07) is 2.53. The van der Waals surface area contributed by atoms with E-state index in [2.05, 4.69) is 36.9 Å². The summed E-state index contributed by atoms with van der Waals surface area (Å²) in [6.07, 6.45) is 3.14. The third-order valence-corrected chi connectivity index (χ3v) is 2.78. The molecule has 1 heterocycles. The minimum absolute atomic E-state index is 0.470. The molecule has 1 rings (SSSR count). The van der Waals surface area contributed by atoms with Gasteiger partial charge in [0.1, 0.15) is 0 Å². The average molecular weight is 251 g/mol. The van der Waals surface area contributed by atoms with Crippen LogP contribution in [0.25, 0.3) is 0 Å². The van der Waals surface area contributed by atoms with E-state index in [1.54, 1.807) is 0 Å². The van der Waals surface area contributed by atoms with Crippen LogP contribution in [-0.2, 0) is 11.3 Å². The van der Waals surface area contributed by atoms with E-state index in [0.717, 1.165) is 30.8 Å². The van der Waals surface area contributed by atoms with Gasteiger partial charge in [-0.15, -0.1) is 0 Å². The minimum Gasteiger partial charge on any atom is -0.376 e. The van der Waals surface area contributed by atoms with Crippen molar-refractivity contribution in [3.63, 3.8) is 0 Å². The zero-order valence-electron chi connectivity index (χ0n) is 11.8. The summed E-state index contributed by atoms with van der Waals surface area (Å²) in [7, 11) is 0. The molecule has 4 nitrogen and oxygen atoms in total. The van der Waals surface area contributed by atoms with E-state index in [9.17, 15) is 0 Å². The van der Waals surface area contributed by atoms with E-state index in [1.807, 2.05) is 17.8 Å². The normalized spacial score (nSPS) is 12.6. The van der Waals surface area contributed by atoms with Gasteiger partial charge in [-0.25, -0.2) is 0 Å². The molecule has 0 amide bonds. The van der Waals surface area contributed by atoms with Crippen molar-refractivity contribution in [3.05, 3.63) is 30.1 Å². The molecule has 1 N–H and O–H groups in total. The van der Waals surface area contributed by atoms with Crippen LogP contribution in [0, 0.1) is 0 Å². The molecule has 0 radical (unpaired) electrons. The Morgan fingerprint density at radius 2 is 2.39 bits per heavy atom. The standard InChI is InChI=1S/C14H25N3O/c1-5-13(4)17-8-6-14(16-17)10-15-7-9-18-11-12(2)3/h6,8,13,15H,2,5,7,9-11H2,1,3-4H3. The third-order valence-electron chi connectivity index (χ3n) is 2.78. The van der Waals surface area contributed by atoms with Gasteiger partial charge >= 0.3 is 0 Å². The Hall–Kier alpha value is -1.13. The Balaban J connectivity index is 2.15. The summed E-state index contributed by atoms with van der Waals surface area (Å²) < 4.78 is 7.43. The van der Waals surface area contributed by atoms with Crippen molar-refractivity contribution in [3.8, 4) is 0 Å². The largest absolute Gasteiger partial charge is 0.376 e. The molecule has 0 aliphatic rings. The highest BCUT2D eigenvalue weighted by Gasteiger charge is 2.03. The second kappa shape index (κ2) is 8.06. The first-order valence-electron chi connectivity index (χ1n) is 6.60. The van der Waals surface area contributed by atoms with E-state index in [4.69, 9.17) is 4.74 Å². The van der Waals surface area contributed by atoms with Crippen LogP contribution in [-0.4, -0.2) is 29.5 Å². The molecule has 0 aliphatic heterocycles. The molecular formula is C14H25N3O. The fourth-order valence-corrected chi connectivity index (χ4v) is 1.51. The van der Waals surface area contributed by atoms with Crippen LogP contribution in [0.1, 0.15) is 38.9 Å². The quantitative estimate of drug-likeness (QED) is 0.541. The number of aromatic nitrogens is 2. The molecule has 0 aromatic carbocycles. The number of hydrogen-bond donors (Lipinski definition) is 1. The molecule has 1 atom stereocenters. The van der Waals surface area contributed by atoms with Gasteiger partial charge in [-0.3, -0.25) is 4.68 Å². The van der Waals surface area contributed by atoms with Gasteiger partial charge in [0.2, 0.25) is 0 Å². The zero-order chi connectivity index (χ0) is 13.4. The smallest absolute Gasteiger partial charge is 0.0762 e. The Kier molecular flexibility index (Phi) is 6.68. The molecule has 102 valence electrons. The number of nitrogens with zero attached hydrogens (tertiary/aromatic N) is 2. The van der Waals surface area contributed by atoms with Gasteiger partial charge in [0.25, 0.3) is 0 Å². The van der Waals surface area contributed by atoms with E-state index in [0.29, 0.717) is 19.3 Å². The lowest BCUT2D eigenvalue weighted by Gasteiger charge is -2.08. The minimum atomic E-state index is 0.470. The van der Waals surface area contributed by atoms with Crippen molar-refractivity contribution in [2.75, 3.05) is 19.8 Å². The van der Waals surface area contributed by atoms with Crippen molar-refractivity contribution in [1.29, 1.82) is 0 Å². The molecule has 0 saturated carbocycles. The van der Waals surface area contributed by atoms with Crippen LogP contribution in [0.3, 0.4) is 0 Å². The molecule has 1 unspecified atom stereocenters. The van der Waals surface area contributed by atoms with Gasteiger partial charge in [-0.1, -0.05) is 19.1 Å². The molecule has 18 heavy (non-hydrogen) atoms. The lowest BCUT2D eigenvalue weighted by Crippen LogP contribution is -2.20. The molecule has 0 fully saturated rings. The van der Waals surface area contributed by atoms with Crippen molar-refractivity contribution in [2.45, 2.75) is 39.8 Å². The first-order chi connectivity index (χ1) is 8.63. The monoisotopic (exact) mass is 251 g/mol. The third kappa shape index (κ3) is 5.47. The summed E-state index contributed by atoms with van der Waals surface area (Å²) in [4.78, 5) is 0. The first-order valence-corrected chi connectivity index (χ1v) is 6.60. The number of nitrogens with one attached hydrogen (secondary N) is 1. The van der Waals surface area contributed by atoms with Crippen LogP contribution in [0.4, 0.5) is 0 Å². The van der Waals surface area contributed by atoms with Crippen LogP contribution in [0.15, 0.2) is 24.4 Å². The summed E-state index contributed by atoms with van der Waals surface area (Å²) in [5, 5.41) is 7.84. The van der Waals surface area contributed by atoms with Crippen LogP contribution in [0.5, 0.6) is 0 Å². The van der Waals surface area contributed by atoms with E-state index >= 15 is 0 Å². The van der Waals surface area contributed by atoms with Crippen LogP contribution < -0.4 is 5.32 Å². The molecule has 0 saturated heterocycles. The highest BCUT2D eigenvalue weighted by Crippen LogP contribution is 2.08. The van der Waals surface area contributed by atoms with Gasteiger partial charge in [0, 0.05) is 25.3 Å². The van der Waals surface area contributed by atoms with Gasteiger partial charge in [0.15, 0.2) is 0 Å².